The maximum Gasteiger partial charge on any atom is 0.261 e. The third-order valence-corrected chi connectivity index (χ3v) is 5.31. The molecule has 8 nitrogen and oxygen atoms in total. The molecular weight excluding hydrogens is 404 g/mol. The molecule has 5 aromatic rings. The minimum Gasteiger partial charge on any atom is -0.463 e. The van der Waals surface area contributed by atoms with Crippen molar-refractivity contribution >= 4 is 45.8 Å². The van der Waals surface area contributed by atoms with Crippen molar-refractivity contribution in [1.29, 1.82) is 0 Å². The zero-order valence-electron chi connectivity index (χ0n) is 17.5. The standard InChI is InChI=1S/C24H20N6O2/c1-14-9-10-16(12-15(14)2)27-24(31)20-21-23(29-19-8-4-3-7-18(19)28-21)30(22(20)25)26-13-17-6-5-11-32-17/h3-13H,25H2,1-2H3,(H,27,31). The van der Waals surface area contributed by atoms with Gasteiger partial charge in [0.15, 0.2) is 5.65 Å². The van der Waals surface area contributed by atoms with E-state index in [-0.39, 0.29) is 17.3 Å². The van der Waals surface area contributed by atoms with E-state index < -0.39 is 0 Å². The van der Waals surface area contributed by atoms with Gasteiger partial charge in [-0.3, -0.25) is 4.79 Å². The van der Waals surface area contributed by atoms with Gasteiger partial charge < -0.3 is 15.5 Å². The number of amides is 1. The Balaban J connectivity index is 1.66. The second kappa shape index (κ2) is 7.66. The van der Waals surface area contributed by atoms with E-state index >= 15 is 0 Å². The van der Waals surface area contributed by atoms with Crippen LogP contribution >= 0.6 is 0 Å². The molecule has 2 aromatic carbocycles. The molecule has 0 atom stereocenters. The summed E-state index contributed by atoms with van der Waals surface area (Å²) in [5.41, 5.74) is 11.6. The van der Waals surface area contributed by atoms with E-state index in [1.165, 1.54) is 10.9 Å². The molecule has 3 aromatic heterocycles. The second-order valence-electron chi connectivity index (χ2n) is 7.47. The summed E-state index contributed by atoms with van der Waals surface area (Å²) in [5, 5.41) is 7.33. The minimum absolute atomic E-state index is 0.138. The summed E-state index contributed by atoms with van der Waals surface area (Å²) >= 11 is 0. The quantitative estimate of drug-likeness (QED) is 0.412. The Kier molecular flexibility index (Phi) is 4.67. The van der Waals surface area contributed by atoms with Crippen molar-refractivity contribution in [3.05, 3.63) is 83.3 Å². The van der Waals surface area contributed by atoms with E-state index in [0.717, 1.165) is 11.1 Å². The normalized spacial score (nSPS) is 11.6. The highest BCUT2D eigenvalue weighted by Gasteiger charge is 2.24. The van der Waals surface area contributed by atoms with Gasteiger partial charge in [-0.25, -0.2) is 9.97 Å². The van der Waals surface area contributed by atoms with Crippen LogP contribution in [-0.4, -0.2) is 26.8 Å². The lowest BCUT2D eigenvalue weighted by Gasteiger charge is -2.08. The lowest BCUT2D eigenvalue weighted by Crippen LogP contribution is -2.14. The third kappa shape index (κ3) is 3.37. The second-order valence-corrected chi connectivity index (χ2v) is 7.47. The molecule has 0 unspecified atom stereocenters. The van der Waals surface area contributed by atoms with Gasteiger partial charge in [-0.1, -0.05) is 18.2 Å². The summed E-state index contributed by atoms with van der Waals surface area (Å²) in [6.07, 6.45) is 3.06. The van der Waals surface area contributed by atoms with E-state index in [2.05, 4.69) is 20.4 Å². The van der Waals surface area contributed by atoms with Crippen LogP contribution in [0.1, 0.15) is 27.2 Å². The van der Waals surface area contributed by atoms with Crippen LogP contribution in [-0.2, 0) is 0 Å². The van der Waals surface area contributed by atoms with Crippen molar-refractivity contribution in [3.63, 3.8) is 0 Å². The number of nitrogens with one attached hydrogen (secondary N) is 1. The molecule has 3 heterocycles. The van der Waals surface area contributed by atoms with Crippen molar-refractivity contribution in [2.75, 3.05) is 11.1 Å². The van der Waals surface area contributed by atoms with E-state index in [0.29, 0.717) is 33.6 Å². The molecule has 5 rings (SSSR count). The predicted octanol–water partition coefficient (Wildman–Crippen LogP) is 4.51. The van der Waals surface area contributed by atoms with Gasteiger partial charge in [0.05, 0.1) is 23.5 Å². The number of furan rings is 1. The largest absolute Gasteiger partial charge is 0.463 e. The SMILES string of the molecule is Cc1ccc(NC(=O)c2c(N)n(N=Cc3ccco3)c3nc4ccccc4nc23)cc1C. The fourth-order valence-corrected chi connectivity index (χ4v) is 3.48. The van der Waals surface area contributed by atoms with E-state index in [1.54, 1.807) is 18.4 Å². The maximum atomic E-state index is 13.3. The number of benzene rings is 2. The van der Waals surface area contributed by atoms with Crippen LogP contribution in [0.4, 0.5) is 11.5 Å². The van der Waals surface area contributed by atoms with Crippen LogP contribution in [0.3, 0.4) is 0 Å². The minimum atomic E-state index is -0.382. The maximum absolute atomic E-state index is 13.3. The van der Waals surface area contributed by atoms with E-state index in [9.17, 15) is 4.79 Å². The third-order valence-electron chi connectivity index (χ3n) is 5.31. The number of hydrogen-bond acceptors (Lipinski definition) is 6. The number of nitrogens with zero attached hydrogens (tertiary/aromatic N) is 4. The fourth-order valence-electron chi connectivity index (χ4n) is 3.48. The summed E-state index contributed by atoms with van der Waals surface area (Å²) in [6.45, 7) is 4.01. The first-order chi connectivity index (χ1) is 15.5. The first kappa shape index (κ1) is 19.5. The molecule has 158 valence electrons. The highest BCUT2D eigenvalue weighted by atomic mass is 16.3. The van der Waals surface area contributed by atoms with Crippen molar-refractivity contribution in [2.24, 2.45) is 5.10 Å². The first-order valence-electron chi connectivity index (χ1n) is 10.0. The number of anilines is 2. The molecule has 8 heteroatoms. The number of fused-ring (bicyclic) bond motifs is 2. The smallest absolute Gasteiger partial charge is 0.261 e. The number of para-hydroxylation sites is 2. The summed E-state index contributed by atoms with van der Waals surface area (Å²) < 4.78 is 6.72. The number of nitrogens with two attached hydrogens (primary N) is 1. The zero-order chi connectivity index (χ0) is 22.2. The van der Waals surface area contributed by atoms with Crippen LogP contribution in [0.15, 0.2) is 70.4 Å². The van der Waals surface area contributed by atoms with Gasteiger partial charge in [0.1, 0.15) is 22.7 Å². The molecule has 3 N–H and O–H groups in total. The molecule has 0 aliphatic heterocycles. The van der Waals surface area contributed by atoms with Crippen LogP contribution in [0.25, 0.3) is 22.2 Å². The Morgan fingerprint density at radius 3 is 2.56 bits per heavy atom. The van der Waals surface area contributed by atoms with Crippen LogP contribution < -0.4 is 11.1 Å². The van der Waals surface area contributed by atoms with Crippen LogP contribution in [0.5, 0.6) is 0 Å². The van der Waals surface area contributed by atoms with Crippen LogP contribution in [0, 0.1) is 13.8 Å². The molecule has 0 fully saturated rings. The number of aryl methyl sites for hydroxylation is 2. The molecule has 0 spiro atoms. The molecular formula is C24H20N6O2. The van der Waals surface area contributed by atoms with Crippen LogP contribution in [0.2, 0.25) is 0 Å². The topological polar surface area (TPSA) is 111 Å². The molecule has 0 aliphatic carbocycles. The number of nitrogen functional groups attached to an aromatic ring is 1. The summed E-state index contributed by atoms with van der Waals surface area (Å²) in [5.74, 6) is 0.299. The number of carbonyl (C=O) groups excluding carboxylic acids is 1. The molecule has 0 aliphatic rings. The fraction of sp³-hybridized carbons (Fsp3) is 0.0833. The Morgan fingerprint density at radius 1 is 1.06 bits per heavy atom. The molecule has 0 saturated carbocycles. The molecule has 0 saturated heterocycles. The highest BCUT2D eigenvalue weighted by Crippen LogP contribution is 2.29. The Hall–Kier alpha value is -4.46. The lowest BCUT2D eigenvalue weighted by molar-refractivity contribution is 0.102. The van der Waals surface area contributed by atoms with Crippen molar-refractivity contribution in [1.82, 2.24) is 14.6 Å². The van der Waals surface area contributed by atoms with Crippen molar-refractivity contribution < 1.29 is 9.21 Å². The molecule has 1 amide bonds. The zero-order valence-corrected chi connectivity index (χ0v) is 17.5. The van der Waals surface area contributed by atoms with Crippen molar-refractivity contribution in [2.45, 2.75) is 13.8 Å². The van der Waals surface area contributed by atoms with E-state index in [4.69, 9.17) is 10.2 Å². The summed E-state index contributed by atoms with van der Waals surface area (Å²) in [7, 11) is 0. The molecule has 0 bridgehead atoms. The number of hydrogen-bond donors (Lipinski definition) is 2. The van der Waals surface area contributed by atoms with Gasteiger partial charge >= 0.3 is 0 Å². The van der Waals surface area contributed by atoms with Gasteiger partial charge in [-0.15, -0.1) is 0 Å². The van der Waals surface area contributed by atoms with Crippen molar-refractivity contribution in [3.8, 4) is 0 Å². The summed E-state index contributed by atoms with van der Waals surface area (Å²) in [4.78, 5) is 22.6. The van der Waals surface area contributed by atoms with Gasteiger partial charge in [0.25, 0.3) is 5.91 Å². The lowest BCUT2D eigenvalue weighted by atomic mass is 10.1. The Labute approximate surface area is 183 Å². The summed E-state index contributed by atoms with van der Waals surface area (Å²) in [6, 6.07) is 16.7. The Morgan fingerprint density at radius 2 is 1.84 bits per heavy atom. The number of aromatic nitrogens is 3. The monoisotopic (exact) mass is 424 g/mol. The molecule has 0 radical (unpaired) electrons. The van der Waals surface area contributed by atoms with Gasteiger partial charge in [-0.05, 0) is 61.4 Å². The van der Waals surface area contributed by atoms with Gasteiger partial charge in [-0.2, -0.15) is 9.78 Å². The van der Waals surface area contributed by atoms with Gasteiger partial charge in [0.2, 0.25) is 0 Å². The number of rotatable bonds is 4. The molecule has 32 heavy (non-hydrogen) atoms. The average Bonchev–Trinajstić information content (AvgIpc) is 3.39. The van der Waals surface area contributed by atoms with Gasteiger partial charge in [0, 0.05) is 5.69 Å². The first-order valence-corrected chi connectivity index (χ1v) is 10.0. The predicted molar refractivity (Wildman–Crippen MR) is 125 cm³/mol. The highest BCUT2D eigenvalue weighted by molar-refractivity contribution is 6.16. The van der Waals surface area contributed by atoms with E-state index in [1.807, 2.05) is 56.3 Å². The Bertz CT molecular complexity index is 1500. The average molecular weight is 424 g/mol. The number of carbonyl (C=O) groups is 1.